The molecular weight excluding hydrogens is 227 g/mol. The molecule has 0 radical (unpaired) electrons. The van der Waals surface area contributed by atoms with Gasteiger partial charge in [-0.3, -0.25) is 0 Å². The lowest BCUT2D eigenvalue weighted by molar-refractivity contribution is 0.335. The summed E-state index contributed by atoms with van der Waals surface area (Å²) < 4.78 is 5.10. The van der Waals surface area contributed by atoms with Crippen molar-refractivity contribution in [3.8, 4) is 0 Å². The Kier molecular flexibility index (Phi) is 5.77. The maximum atomic E-state index is 9.69. The van der Waals surface area contributed by atoms with E-state index in [0.29, 0.717) is 11.9 Å². The highest BCUT2D eigenvalue weighted by Gasteiger charge is 2.14. The molecule has 1 atom stereocenters. The van der Waals surface area contributed by atoms with Gasteiger partial charge in [0.25, 0.3) is 0 Å². The van der Waals surface area contributed by atoms with Gasteiger partial charge in [-0.2, -0.15) is 0 Å². The van der Waals surface area contributed by atoms with Gasteiger partial charge in [-0.25, -0.2) is 0 Å². The van der Waals surface area contributed by atoms with E-state index in [1.807, 2.05) is 25.1 Å². The third-order valence-corrected chi connectivity index (χ3v) is 3.89. The van der Waals surface area contributed by atoms with Gasteiger partial charge in [0.15, 0.2) is 0 Å². The number of halogens is 1. The molecule has 0 heterocycles. The minimum Gasteiger partial charge on any atom is -0.342 e. The Morgan fingerprint density at radius 2 is 1.92 bits per heavy atom. The van der Waals surface area contributed by atoms with Gasteiger partial charge in [0.05, 0.1) is 6.61 Å². The molecule has 0 saturated heterocycles. The summed E-state index contributed by atoms with van der Waals surface area (Å²) in [5.41, 5.74) is 0. The lowest BCUT2D eigenvalue weighted by Crippen LogP contribution is -2.05. The van der Waals surface area contributed by atoms with E-state index < -0.39 is 6.49 Å². The van der Waals surface area contributed by atoms with Crippen LogP contribution in [0.2, 0.25) is 0 Å². The lowest BCUT2D eigenvalue weighted by atomic mass is 10.4. The van der Waals surface area contributed by atoms with Gasteiger partial charge in [-0.05, 0) is 30.9 Å². The largest absolute Gasteiger partial charge is 0.342 e. The van der Waals surface area contributed by atoms with E-state index in [1.165, 1.54) is 0 Å². The Labute approximate surface area is 89.5 Å². The Hall–Kier alpha value is 0.0800. The summed E-state index contributed by atoms with van der Waals surface area (Å²) in [7, 11) is 0. The maximum absolute atomic E-state index is 9.69. The molecule has 1 unspecified atom stereocenters. The second kappa shape index (κ2) is 5.74. The van der Waals surface area contributed by atoms with Crippen LogP contribution in [-0.2, 0) is 16.3 Å². The van der Waals surface area contributed by atoms with Crippen LogP contribution in [0.4, 0.5) is 0 Å². The van der Waals surface area contributed by atoms with Crippen LogP contribution in [0.1, 0.15) is 6.92 Å². The number of rotatable bonds is 3. The van der Waals surface area contributed by atoms with Crippen LogP contribution in [0.3, 0.4) is 0 Å². The molecule has 1 rings (SSSR count). The summed E-state index contributed by atoms with van der Waals surface area (Å²) in [6, 6.07) is 9.13. The monoisotopic (exact) mass is 238 g/mol. The highest BCUT2D eigenvalue weighted by atomic mass is 35.5. The van der Waals surface area contributed by atoms with Gasteiger partial charge >= 0.3 is 0 Å². The number of benzene rings is 1. The fourth-order valence-electron chi connectivity index (χ4n) is 0.866. The molecule has 0 amide bonds. The zero-order valence-corrected chi connectivity index (χ0v) is 9.74. The highest BCUT2D eigenvalue weighted by molar-refractivity contribution is 8.13. The van der Waals surface area contributed by atoms with Gasteiger partial charge in [0.2, 0.25) is 6.49 Å². The van der Waals surface area contributed by atoms with Gasteiger partial charge in [-0.15, -0.1) is 12.4 Å². The smallest absolute Gasteiger partial charge is 0.216 e. The molecule has 13 heavy (non-hydrogen) atoms. The van der Waals surface area contributed by atoms with Gasteiger partial charge in [-0.1, -0.05) is 18.2 Å². The molecule has 74 valence electrons. The summed E-state index contributed by atoms with van der Waals surface area (Å²) in [6.45, 7) is -0.445. The average Bonchev–Trinajstić information content (AvgIpc) is 2.06. The van der Waals surface area contributed by atoms with Gasteiger partial charge in [0, 0.05) is 5.30 Å². The van der Waals surface area contributed by atoms with Crippen molar-refractivity contribution in [3.63, 3.8) is 0 Å². The molecule has 0 saturated carbocycles. The lowest BCUT2D eigenvalue weighted by Gasteiger charge is -2.13. The second-order valence-corrected chi connectivity index (χ2v) is 5.57. The van der Waals surface area contributed by atoms with Crippen LogP contribution in [0.25, 0.3) is 0 Å². The SMILES string of the molecule is CCOP(O)(=S)c1ccccc1.Cl. The maximum Gasteiger partial charge on any atom is 0.216 e. The molecule has 0 aliphatic heterocycles. The Morgan fingerprint density at radius 3 is 2.38 bits per heavy atom. The molecule has 0 bridgehead atoms. The third kappa shape index (κ3) is 3.75. The first-order chi connectivity index (χ1) is 5.67. The Morgan fingerprint density at radius 1 is 1.38 bits per heavy atom. The molecule has 0 aliphatic rings. The van der Waals surface area contributed by atoms with Crippen molar-refractivity contribution in [2.75, 3.05) is 6.61 Å². The van der Waals surface area contributed by atoms with Crippen molar-refractivity contribution in [2.45, 2.75) is 6.92 Å². The van der Waals surface area contributed by atoms with Crippen LogP contribution in [0.15, 0.2) is 30.3 Å². The fraction of sp³-hybridized carbons (Fsp3) is 0.250. The van der Waals surface area contributed by atoms with E-state index in [2.05, 4.69) is 0 Å². The molecule has 2 nitrogen and oxygen atoms in total. The quantitative estimate of drug-likeness (QED) is 0.818. The van der Waals surface area contributed by atoms with E-state index in [9.17, 15) is 4.89 Å². The topological polar surface area (TPSA) is 29.5 Å². The molecule has 5 heteroatoms. The van der Waals surface area contributed by atoms with Crippen LogP contribution in [-0.4, -0.2) is 11.5 Å². The van der Waals surface area contributed by atoms with Crippen molar-refractivity contribution < 1.29 is 9.42 Å². The number of hydrogen-bond acceptors (Lipinski definition) is 2. The first kappa shape index (κ1) is 13.1. The first-order valence-electron chi connectivity index (χ1n) is 3.70. The van der Waals surface area contributed by atoms with Crippen molar-refractivity contribution in [1.82, 2.24) is 0 Å². The minimum absolute atomic E-state index is 0. The van der Waals surface area contributed by atoms with Crippen molar-refractivity contribution in [1.29, 1.82) is 0 Å². The first-order valence-corrected chi connectivity index (χ1v) is 6.37. The molecular formula is C8H12ClO2PS. The molecule has 0 aromatic heterocycles. The Balaban J connectivity index is 0.00000144. The number of hydrogen-bond donors (Lipinski definition) is 1. The molecule has 0 aliphatic carbocycles. The van der Waals surface area contributed by atoms with Crippen LogP contribution in [0.5, 0.6) is 0 Å². The average molecular weight is 239 g/mol. The normalized spacial score (nSPS) is 14.3. The summed E-state index contributed by atoms with van der Waals surface area (Å²) >= 11 is 4.95. The van der Waals surface area contributed by atoms with Gasteiger partial charge < -0.3 is 9.42 Å². The van der Waals surface area contributed by atoms with E-state index in [4.69, 9.17) is 16.3 Å². The fourth-order valence-corrected chi connectivity index (χ4v) is 2.60. The zero-order valence-electron chi connectivity index (χ0n) is 7.21. The van der Waals surface area contributed by atoms with E-state index in [1.54, 1.807) is 12.1 Å². The molecule has 0 fully saturated rings. The summed E-state index contributed by atoms with van der Waals surface area (Å²) in [4.78, 5) is 9.69. The summed E-state index contributed by atoms with van der Waals surface area (Å²) in [6.07, 6.45) is 0. The summed E-state index contributed by atoms with van der Waals surface area (Å²) in [5, 5.41) is 0.710. The molecule has 1 aromatic carbocycles. The van der Waals surface area contributed by atoms with Crippen molar-refractivity contribution in [3.05, 3.63) is 30.3 Å². The van der Waals surface area contributed by atoms with Gasteiger partial charge in [0.1, 0.15) is 0 Å². The predicted molar refractivity (Wildman–Crippen MR) is 61.5 cm³/mol. The standard InChI is InChI=1S/C8H11O2PS.ClH/c1-2-10-11(9,12)8-6-4-3-5-7-8;/h3-7H,2H2,1H3,(H,9,12);1H. The van der Waals surface area contributed by atoms with Crippen molar-refractivity contribution >= 4 is 36.0 Å². The van der Waals surface area contributed by atoms with Crippen molar-refractivity contribution in [2.24, 2.45) is 0 Å². The van der Waals surface area contributed by atoms with E-state index >= 15 is 0 Å². The Bertz CT molecular complexity index is 291. The van der Waals surface area contributed by atoms with E-state index in [0.717, 1.165) is 0 Å². The third-order valence-electron chi connectivity index (χ3n) is 1.39. The second-order valence-electron chi connectivity index (χ2n) is 2.27. The highest BCUT2D eigenvalue weighted by Crippen LogP contribution is 2.40. The molecule has 1 aromatic rings. The molecule has 0 spiro atoms. The molecule has 1 N–H and O–H groups in total. The zero-order chi connectivity index (χ0) is 9.03. The predicted octanol–water partition coefficient (Wildman–Crippen LogP) is 2.07. The van der Waals surface area contributed by atoms with Crippen LogP contribution < -0.4 is 5.30 Å². The van der Waals surface area contributed by atoms with E-state index in [-0.39, 0.29) is 12.4 Å². The van der Waals surface area contributed by atoms with Crippen LogP contribution in [0, 0.1) is 0 Å². The summed E-state index contributed by atoms with van der Waals surface area (Å²) in [5.74, 6) is 0. The van der Waals surface area contributed by atoms with Crippen LogP contribution >= 0.6 is 18.9 Å². The minimum atomic E-state index is -2.71.